The molecule has 98 valence electrons. The van der Waals surface area contributed by atoms with Gasteiger partial charge in [-0.1, -0.05) is 6.42 Å². The number of nitrogens with one attached hydrogen (secondary N) is 1. The highest BCUT2D eigenvalue weighted by Crippen LogP contribution is 2.14. The predicted molar refractivity (Wildman–Crippen MR) is 66.7 cm³/mol. The predicted octanol–water partition coefficient (Wildman–Crippen LogP) is 1.39. The topological polar surface area (TPSA) is 60.5 Å². The normalized spacial score (nSPS) is 19.3. The van der Waals surface area contributed by atoms with Gasteiger partial charge in [0.05, 0.1) is 7.11 Å². The molecule has 1 aliphatic rings. The van der Waals surface area contributed by atoms with E-state index >= 15 is 0 Å². The summed E-state index contributed by atoms with van der Waals surface area (Å²) >= 11 is 0. The summed E-state index contributed by atoms with van der Waals surface area (Å²) in [5, 5.41) is 3.41. The Bertz CT molecular complexity index is 403. The van der Waals surface area contributed by atoms with E-state index in [4.69, 9.17) is 4.74 Å². The second-order valence-corrected chi connectivity index (χ2v) is 4.33. The van der Waals surface area contributed by atoms with Crippen molar-refractivity contribution in [3.63, 3.8) is 0 Å². The quantitative estimate of drug-likeness (QED) is 0.818. The number of methoxy groups -OCH3 is 1. The minimum Gasteiger partial charge on any atom is -0.492 e. The number of rotatable bonds is 4. The number of esters is 1. The van der Waals surface area contributed by atoms with Gasteiger partial charge >= 0.3 is 5.97 Å². The zero-order valence-corrected chi connectivity index (χ0v) is 10.5. The molecule has 0 saturated carbocycles. The van der Waals surface area contributed by atoms with Gasteiger partial charge in [0.1, 0.15) is 12.4 Å². The van der Waals surface area contributed by atoms with Crippen molar-refractivity contribution in [1.82, 2.24) is 10.3 Å². The molecule has 0 bridgehead atoms. The van der Waals surface area contributed by atoms with Crippen molar-refractivity contribution >= 4 is 5.97 Å². The Labute approximate surface area is 107 Å². The molecular formula is C13H18N2O3. The molecule has 1 aliphatic heterocycles. The Morgan fingerprint density at radius 3 is 3.17 bits per heavy atom. The van der Waals surface area contributed by atoms with Crippen LogP contribution in [0.4, 0.5) is 0 Å². The molecule has 1 aromatic heterocycles. The van der Waals surface area contributed by atoms with Crippen molar-refractivity contribution in [3.05, 3.63) is 24.0 Å². The molecule has 5 heteroatoms. The van der Waals surface area contributed by atoms with Crippen LogP contribution in [0.15, 0.2) is 18.3 Å². The van der Waals surface area contributed by atoms with Gasteiger partial charge in [-0.2, -0.15) is 0 Å². The van der Waals surface area contributed by atoms with Crippen molar-refractivity contribution in [1.29, 1.82) is 0 Å². The number of hydrogen-bond acceptors (Lipinski definition) is 5. The number of carbonyl (C=O) groups excluding carboxylic acids is 1. The van der Waals surface area contributed by atoms with E-state index in [1.165, 1.54) is 20.0 Å². The van der Waals surface area contributed by atoms with Gasteiger partial charge in [0, 0.05) is 18.3 Å². The number of ether oxygens (including phenoxy) is 2. The van der Waals surface area contributed by atoms with E-state index in [2.05, 4.69) is 15.0 Å². The molecule has 1 saturated heterocycles. The first-order valence-corrected chi connectivity index (χ1v) is 6.20. The number of hydrogen-bond donors (Lipinski definition) is 1. The summed E-state index contributed by atoms with van der Waals surface area (Å²) in [5.41, 5.74) is 0.270. The molecule has 18 heavy (non-hydrogen) atoms. The summed E-state index contributed by atoms with van der Waals surface area (Å²) in [6.45, 7) is 1.67. The number of pyridine rings is 1. The van der Waals surface area contributed by atoms with Gasteiger partial charge in [0.2, 0.25) is 0 Å². The van der Waals surface area contributed by atoms with Crippen LogP contribution in [0, 0.1) is 0 Å². The molecule has 1 atom stereocenters. The second kappa shape index (κ2) is 6.35. The molecule has 0 aliphatic carbocycles. The van der Waals surface area contributed by atoms with E-state index in [9.17, 15) is 4.79 Å². The first-order chi connectivity index (χ1) is 8.79. The molecule has 2 heterocycles. The Kier molecular flexibility index (Phi) is 4.52. The van der Waals surface area contributed by atoms with Crippen molar-refractivity contribution in [2.75, 3.05) is 20.3 Å². The van der Waals surface area contributed by atoms with Crippen molar-refractivity contribution in [2.45, 2.75) is 25.3 Å². The average molecular weight is 250 g/mol. The maximum Gasteiger partial charge on any atom is 0.356 e. The summed E-state index contributed by atoms with van der Waals surface area (Å²) in [6.07, 6.45) is 5.16. The molecule has 0 spiro atoms. The lowest BCUT2D eigenvalue weighted by Gasteiger charge is -2.23. The fourth-order valence-electron chi connectivity index (χ4n) is 1.98. The molecule has 2 rings (SSSR count). The minimum absolute atomic E-state index is 0.270. The SMILES string of the molecule is COC(=O)c1cc(OCC2CCCCN2)ccn1. The lowest BCUT2D eigenvalue weighted by atomic mass is 10.1. The fraction of sp³-hybridized carbons (Fsp3) is 0.538. The summed E-state index contributed by atoms with van der Waals surface area (Å²) in [4.78, 5) is 15.3. The first kappa shape index (κ1) is 12.8. The van der Waals surface area contributed by atoms with Gasteiger partial charge in [-0.15, -0.1) is 0 Å². The van der Waals surface area contributed by atoms with Gasteiger partial charge in [0.25, 0.3) is 0 Å². The summed E-state index contributed by atoms with van der Waals surface area (Å²) in [6, 6.07) is 3.75. The molecule has 1 fully saturated rings. The van der Waals surface area contributed by atoms with Gasteiger partial charge in [-0.05, 0) is 25.5 Å². The number of aromatic nitrogens is 1. The number of piperidine rings is 1. The molecule has 0 radical (unpaired) electrons. The Morgan fingerprint density at radius 2 is 2.44 bits per heavy atom. The Balaban J connectivity index is 1.90. The van der Waals surface area contributed by atoms with Crippen LogP contribution in [-0.2, 0) is 4.74 Å². The smallest absolute Gasteiger partial charge is 0.356 e. The van der Waals surface area contributed by atoms with Crippen molar-refractivity contribution in [3.8, 4) is 5.75 Å². The summed E-state index contributed by atoms with van der Waals surface area (Å²) in [7, 11) is 1.34. The lowest BCUT2D eigenvalue weighted by molar-refractivity contribution is 0.0593. The first-order valence-electron chi connectivity index (χ1n) is 6.20. The number of carbonyl (C=O) groups is 1. The van der Waals surface area contributed by atoms with Crippen molar-refractivity contribution in [2.24, 2.45) is 0 Å². The third-order valence-corrected chi connectivity index (χ3v) is 2.99. The molecular weight excluding hydrogens is 232 g/mol. The van der Waals surface area contributed by atoms with Crippen LogP contribution in [0.3, 0.4) is 0 Å². The third-order valence-electron chi connectivity index (χ3n) is 2.99. The van der Waals surface area contributed by atoms with Gasteiger partial charge in [0.15, 0.2) is 5.69 Å². The monoisotopic (exact) mass is 250 g/mol. The van der Waals surface area contributed by atoms with E-state index in [1.54, 1.807) is 18.3 Å². The zero-order valence-electron chi connectivity index (χ0n) is 10.5. The Morgan fingerprint density at radius 1 is 1.56 bits per heavy atom. The summed E-state index contributed by atoms with van der Waals surface area (Å²) < 4.78 is 10.3. The van der Waals surface area contributed by atoms with E-state index < -0.39 is 5.97 Å². The van der Waals surface area contributed by atoms with Crippen LogP contribution in [0.5, 0.6) is 5.75 Å². The van der Waals surface area contributed by atoms with E-state index in [0.29, 0.717) is 18.4 Å². The van der Waals surface area contributed by atoms with Crippen molar-refractivity contribution < 1.29 is 14.3 Å². The average Bonchev–Trinajstić information content (AvgIpc) is 2.45. The molecule has 1 aromatic rings. The molecule has 5 nitrogen and oxygen atoms in total. The van der Waals surface area contributed by atoms with Crippen LogP contribution in [0.2, 0.25) is 0 Å². The number of nitrogens with zero attached hydrogens (tertiary/aromatic N) is 1. The second-order valence-electron chi connectivity index (χ2n) is 4.33. The van der Waals surface area contributed by atoms with Gasteiger partial charge < -0.3 is 14.8 Å². The molecule has 0 aromatic carbocycles. The van der Waals surface area contributed by atoms with Crippen LogP contribution in [0.25, 0.3) is 0 Å². The highest BCUT2D eigenvalue weighted by Gasteiger charge is 2.13. The van der Waals surface area contributed by atoms with Gasteiger partial charge in [-0.25, -0.2) is 9.78 Å². The summed E-state index contributed by atoms with van der Waals surface area (Å²) in [5.74, 6) is 0.203. The molecule has 0 amide bonds. The van der Waals surface area contributed by atoms with Crippen LogP contribution < -0.4 is 10.1 Å². The van der Waals surface area contributed by atoms with E-state index in [-0.39, 0.29) is 5.69 Å². The minimum atomic E-state index is -0.448. The highest BCUT2D eigenvalue weighted by atomic mass is 16.5. The van der Waals surface area contributed by atoms with Crippen LogP contribution in [-0.4, -0.2) is 37.3 Å². The maximum absolute atomic E-state index is 11.3. The standard InChI is InChI=1S/C13H18N2O3/c1-17-13(16)12-8-11(5-7-15-12)18-9-10-4-2-3-6-14-10/h5,7-8,10,14H,2-4,6,9H2,1H3. The zero-order chi connectivity index (χ0) is 12.8. The lowest BCUT2D eigenvalue weighted by Crippen LogP contribution is -2.38. The van der Waals surface area contributed by atoms with E-state index in [1.807, 2.05) is 0 Å². The largest absolute Gasteiger partial charge is 0.492 e. The molecule has 1 N–H and O–H groups in total. The van der Waals surface area contributed by atoms with Crippen LogP contribution >= 0.6 is 0 Å². The Hall–Kier alpha value is -1.62. The third kappa shape index (κ3) is 3.43. The highest BCUT2D eigenvalue weighted by molar-refractivity contribution is 5.87. The van der Waals surface area contributed by atoms with Gasteiger partial charge in [-0.3, -0.25) is 0 Å². The van der Waals surface area contributed by atoms with E-state index in [0.717, 1.165) is 13.0 Å². The maximum atomic E-state index is 11.3. The van der Waals surface area contributed by atoms with Crippen LogP contribution in [0.1, 0.15) is 29.8 Å². The fourth-order valence-corrected chi connectivity index (χ4v) is 1.98. The molecule has 1 unspecified atom stereocenters.